The lowest BCUT2D eigenvalue weighted by Gasteiger charge is -2.08. The zero-order chi connectivity index (χ0) is 28.4. The van der Waals surface area contributed by atoms with E-state index < -0.39 is 0 Å². The summed E-state index contributed by atoms with van der Waals surface area (Å²) in [6, 6.07) is 48.4. The van der Waals surface area contributed by atoms with E-state index in [2.05, 4.69) is 71.6 Å². The minimum absolute atomic E-state index is 0.853. The van der Waals surface area contributed by atoms with E-state index in [0.717, 1.165) is 55.3 Å². The molecule has 6 aromatic rings. The summed E-state index contributed by atoms with van der Waals surface area (Å²) in [5, 5.41) is 2.00. The Hall–Kier alpha value is -6.18. The van der Waals surface area contributed by atoms with Crippen LogP contribution in [-0.4, -0.2) is 0 Å². The molecule has 0 N–H and O–H groups in total. The molecule has 0 bridgehead atoms. The van der Waals surface area contributed by atoms with E-state index in [1.165, 1.54) is 0 Å². The van der Waals surface area contributed by atoms with Gasteiger partial charge in [-0.2, -0.15) is 0 Å². The average molecular weight is 529 g/mol. The molecule has 0 nitrogen and oxygen atoms in total. The monoisotopic (exact) mass is 528 g/mol. The Balaban J connectivity index is 1.57. The summed E-state index contributed by atoms with van der Waals surface area (Å²) in [5.41, 5.74) is 7.38. The molecule has 0 heterocycles. The van der Waals surface area contributed by atoms with Crippen molar-refractivity contribution in [2.75, 3.05) is 0 Å². The van der Waals surface area contributed by atoms with Crippen molar-refractivity contribution < 1.29 is 0 Å². The van der Waals surface area contributed by atoms with Gasteiger partial charge in [0, 0.05) is 44.5 Å². The second-order valence-corrected chi connectivity index (χ2v) is 9.57. The van der Waals surface area contributed by atoms with E-state index in [4.69, 9.17) is 0 Å². The second-order valence-electron chi connectivity index (χ2n) is 9.57. The molecule has 0 aliphatic rings. The number of hydrogen-bond acceptors (Lipinski definition) is 0. The van der Waals surface area contributed by atoms with Crippen LogP contribution in [-0.2, 0) is 0 Å². The third kappa shape index (κ3) is 6.51. The molecule has 0 aromatic heterocycles. The molecule has 192 valence electrons. The highest BCUT2D eigenvalue weighted by Crippen LogP contribution is 2.26. The van der Waals surface area contributed by atoms with Gasteiger partial charge in [0.2, 0.25) is 0 Å². The van der Waals surface area contributed by atoms with Gasteiger partial charge in [-0.15, -0.1) is 0 Å². The maximum absolute atomic E-state index is 3.40. The summed E-state index contributed by atoms with van der Waals surface area (Å²) in [6.45, 7) is 0. The van der Waals surface area contributed by atoms with Gasteiger partial charge in [-0.05, 0) is 83.6 Å². The van der Waals surface area contributed by atoms with Gasteiger partial charge in [-0.1, -0.05) is 120 Å². The molecule has 0 saturated heterocycles. The molecule has 6 rings (SSSR count). The van der Waals surface area contributed by atoms with Gasteiger partial charge in [0.1, 0.15) is 0 Å². The van der Waals surface area contributed by atoms with Crippen LogP contribution in [0.25, 0.3) is 10.8 Å². The molecule has 6 aromatic carbocycles. The third-order valence-electron chi connectivity index (χ3n) is 6.62. The lowest BCUT2D eigenvalue weighted by atomic mass is 9.94. The van der Waals surface area contributed by atoms with E-state index >= 15 is 0 Å². The summed E-state index contributed by atoms with van der Waals surface area (Å²) >= 11 is 0. The quantitative estimate of drug-likeness (QED) is 0.174. The Morgan fingerprint density at radius 2 is 0.500 bits per heavy atom. The first-order chi connectivity index (χ1) is 20.8. The Labute approximate surface area is 247 Å². The van der Waals surface area contributed by atoms with Crippen LogP contribution in [0.4, 0.5) is 0 Å². The Bertz CT molecular complexity index is 1950. The highest BCUT2D eigenvalue weighted by Gasteiger charge is 2.09. The highest BCUT2D eigenvalue weighted by atomic mass is 14.1. The molecule has 0 saturated carbocycles. The SMILES string of the molecule is C(#Cc1cc2c(C#Cc3ccccc3)ccc(C#Cc3ccccc3)c2cc1C#Cc1ccccc1)c1ccccc1. The fourth-order valence-corrected chi connectivity index (χ4v) is 4.46. The van der Waals surface area contributed by atoms with Crippen molar-refractivity contribution in [3.8, 4) is 47.4 Å². The van der Waals surface area contributed by atoms with E-state index in [1.54, 1.807) is 0 Å². The smallest absolute Gasteiger partial charge is 0.0412 e. The van der Waals surface area contributed by atoms with Gasteiger partial charge in [0.15, 0.2) is 0 Å². The van der Waals surface area contributed by atoms with Crippen molar-refractivity contribution in [2.24, 2.45) is 0 Å². The van der Waals surface area contributed by atoms with Gasteiger partial charge in [-0.3, -0.25) is 0 Å². The maximum atomic E-state index is 3.40. The Kier molecular flexibility index (Phi) is 7.93. The standard InChI is InChI=1S/C42H24/c1-5-13-33(14-6-1)21-25-37-29-30-38(26-22-34-15-7-2-8-16-34)42-32-40(28-24-36-19-11-4-12-20-36)39(31-41(37)42)27-23-35-17-9-3-10-18-35/h1-20,29-32H. The number of benzene rings is 6. The molecule has 0 amide bonds. The maximum Gasteiger partial charge on any atom is 0.0412 e. The Morgan fingerprint density at radius 1 is 0.238 bits per heavy atom. The van der Waals surface area contributed by atoms with Gasteiger partial charge in [0.25, 0.3) is 0 Å². The van der Waals surface area contributed by atoms with Crippen LogP contribution in [0.15, 0.2) is 146 Å². The fourth-order valence-electron chi connectivity index (χ4n) is 4.46. The van der Waals surface area contributed by atoms with Crippen molar-refractivity contribution in [2.45, 2.75) is 0 Å². The lowest BCUT2D eigenvalue weighted by Crippen LogP contribution is -1.92. The number of hydrogen-bond donors (Lipinski definition) is 0. The summed E-state index contributed by atoms with van der Waals surface area (Å²) < 4.78 is 0. The predicted molar refractivity (Wildman–Crippen MR) is 174 cm³/mol. The minimum atomic E-state index is 0.853. The summed E-state index contributed by atoms with van der Waals surface area (Å²) in [5.74, 6) is 26.9. The van der Waals surface area contributed by atoms with Crippen LogP contribution >= 0.6 is 0 Å². The van der Waals surface area contributed by atoms with Crippen molar-refractivity contribution in [3.63, 3.8) is 0 Å². The van der Waals surface area contributed by atoms with Crippen molar-refractivity contribution in [3.05, 3.63) is 190 Å². The summed E-state index contributed by atoms with van der Waals surface area (Å²) in [4.78, 5) is 0. The van der Waals surface area contributed by atoms with Crippen molar-refractivity contribution in [1.82, 2.24) is 0 Å². The fraction of sp³-hybridized carbons (Fsp3) is 0. The normalized spacial score (nSPS) is 9.62. The largest absolute Gasteiger partial charge is 0.0622 e. The molecule has 0 heteroatoms. The molecule has 0 fully saturated rings. The van der Waals surface area contributed by atoms with Crippen molar-refractivity contribution >= 4 is 10.8 Å². The van der Waals surface area contributed by atoms with E-state index in [-0.39, 0.29) is 0 Å². The summed E-state index contributed by atoms with van der Waals surface area (Å²) in [6.07, 6.45) is 0. The van der Waals surface area contributed by atoms with Crippen LogP contribution in [0.1, 0.15) is 44.5 Å². The van der Waals surface area contributed by atoms with Crippen LogP contribution in [0, 0.1) is 47.4 Å². The van der Waals surface area contributed by atoms with Gasteiger partial charge < -0.3 is 0 Å². The third-order valence-corrected chi connectivity index (χ3v) is 6.62. The molecule has 0 spiro atoms. The first-order valence-corrected chi connectivity index (χ1v) is 13.7. The lowest BCUT2D eigenvalue weighted by molar-refractivity contribution is 1.58. The zero-order valence-corrected chi connectivity index (χ0v) is 22.9. The van der Waals surface area contributed by atoms with Crippen LogP contribution in [0.3, 0.4) is 0 Å². The van der Waals surface area contributed by atoms with Gasteiger partial charge in [0.05, 0.1) is 0 Å². The Morgan fingerprint density at radius 3 is 0.786 bits per heavy atom. The van der Waals surface area contributed by atoms with Gasteiger partial charge in [-0.25, -0.2) is 0 Å². The molecular weight excluding hydrogens is 504 g/mol. The van der Waals surface area contributed by atoms with Crippen LogP contribution < -0.4 is 0 Å². The van der Waals surface area contributed by atoms with Crippen molar-refractivity contribution in [1.29, 1.82) is 0 Å². The minimum Gasteiger partial charge on any atom is -0.0622 e. The van der Waals surface area contributed by atoms with E-state index in [1.807, 2.05) is 121 Å². The molecule has 42 heavy (non-hydrogen) atoms. The molecular formula is C42H24. The van der Waals surface area contributed by atoms with Crippen LogP contribution in [0.2, 0.25) is 0 Å². The molecule has 0 unspecified atom stereocenters. The topological polar surface area (TPSA) is 0 Å². The second kappa shape index (κ2) is 12.8. The first kappa shape index (κ1) is 26.1. The predicted octanol–water partition coefficient (Wildman–Crippen LogP) is 8.44. The van der Waals surface area contributed by atoms with E-state index in [0.29, 0.717) is 0 Å². The van der Waals surface area contributed by atoms with E-state index in [9.17, 15) is 0 Å². The van der Waals surface area contributed by atoms with Crippen LogP contribution in [0.5, 0.6) is 0 Å². The average Bonchev–Trinajstić information content (AvgIpc) is 3.06. The molecule has 0 aliphatic heterocycles. The van der Waals surface area contributed by atoms with Gasteiger partial charge >= 0.3 is 0 Å². The molecule has 0 radical (unpaired) electrons. The number of rotatable bonds is 0. The first-order valence-electron chi connectivity index (χ1n) is 13.7. The molecule has 0 atom stereocenters. The zero-order valence-electron chi connectivity index (χ0n) is 22.9. The number of fused-ring (bicyclic) bond motifs is 1. The molecule has 0 aliphatic carbocycles. The highest BCUT2D eigenvalue weighted by molar-refractivity contribution is 5.95. The summed E-state index contributed by atoms with van der Waals surface area (Å²) in [7, 11) is 0.